The molecule has 0 saturated carbocycles. The second-order valence-corrected chi connectivity index (χ2v) is 9.28. The van der Waals surface area contributed by atoms with Crippen LogP contribution in [0.5, 0.6) is 0 Å². The fourth-order valence-electron chi connectivity index (χ4n) is 3.37. The van der Waals surface area contributed by atoms with Crippen molar-refractivity contribution in [3.05, 3.63) is 71.0 Å². The molecule has 0 aliphatic heterocycles. The lowest BCUT2D eigenvalue weighted by molar-refractivity contribution is -0.119. The molecule has 2 aromatic carbocycles. The molecule has 0 radical (unpaired) electrons. The number of hydrogen-bond acceptors (Lipinski definition) is 5. The monoisotopic (exact) mass is 471 g/mol. The molecular formula is C24H30ClN5OS. The molecule has 1 aromatic heterocycles. The van der Waals surface area contributed by atoms with E-state index in [9.17, 15) is 4.79 Å². The fourth-order valence-corrected chi connectivity index (χ4v) is 4.27. The molecule has 0 bridgehead atoms. The van der Waals surface area contributed by atoms with Gasteiger partial charge in [0, 0.05) is 10.7 Å². The minimum Gasteiger partial charge on any atom is -0.349 e. The molecule has 0 aliphatic carbocycles. The first-order valence-corrected chi connectivity index (χ1v) is 12.1. The van der Waals surface area contributed by atoms with Gasteiger partial charge in [-0.05, 0) is 57.3 Å². The summed E-state index contributed by atoms with van der Waals surface area (Å²) in [5, 5.41) is 13.4. The molecule has 1 heterocycles. The van der Waals surface area contributed by atoms with Crippen molar-refractivity contribution in [2.24, 2.45) is 0 Å². The van der Waals surface area contributed by atoms with Crippen LogP contribution in [0.15, 0.2) is 59.8 Å². The van der Waals surface area contributed by atoms with Crippen LogP contribution < -0.4 is 5.32 Å². The highest BCUT2D eigenvalue weighted by molar-refractivity contribution is 7.99. The van der Waals surface area contributed by atoms with E-state index < -0.39 is 0 Å². The third-order valence-corrected chi connectivity index (χ3v) is 6.52. The smallest absolute Gasteiger partial charge is 0.230 e. The Hall–Kier alpha value is -2.35. The SMILES string of the molecule is CCCC(NC(=O)CSc1nnc(C(C)N(C)C)n1-c1ccc(Cl)cc1)c1ccccc1. The number of benzene rings is 2. The van der Waals surface area contributed by atoms with Crippen molar-refractivity contribution in [1.29, 1.82) is 0 Å². The van der Waals surface area contributed by atoms with E-state index >= 15 is 0 Å². The third kappa shape index (κ3) is 6.12. The zero-order chi connectivity index (χ0) is 23.1. The van der Waals surface area contributed by atoms with E-state index in [2.05, 4.69) is 46.4 Å². The van der Waals surface area contributed by atoms with Gasteiger partial charge in [-0.15, -0.1) is 10.2 Å². The Labute approximate surface area is 199 Å². The zero-order valence-corrected chi connectivity index (χ0v) is 20.5. The van der Waals surface area contributed by atoms with Crippen molar-refractivity contribution < 1.29 is 4.79 Å². The van der Waals surface area contributed by atoms with Crippen molar-refractivity contribution in [2.75, 3.05) is 19.8 Å². The van der Waals surface area contributed by atoms with Gasteiger partial charge >= 0.3 is 0 Å². The van der Waals surface area contributed by atoms with Gasteiger partial charge in [-0.3, -0.25) is 14.3 Å². The minimum atomic E-state index is -0.0230. The van der Waals surface area contributed by atoms with Gasteiger partial charge in [0.25, 0.3) is 0 Å². The summed E-state index contributed by atoms with van der Waals surface area (Å²) in [6, 6.07) is 17.7. The molecule has 0 fully saturated rings. The lowest BCUT2D eigenvalue weighted by Crippen LogP contribution is -2.30. The molecule has 3 rings (SSSR count). The number of nitrogens with zero attached hydrogens (tertiary/aromatic N) is 4. The van der Waals surface area contributed by atoms with Gasteiger partial charge in [-0.1, -0.05) is 67.0 Å². The van der Waals surface area contributed by atoms with Crippen LogP contribution in [-0.4, -0.2) is 45.4 Å². The van der Waals surface area contributed by atoms with Crippen LogP contribution in [0.3, 0.4) is 0 Å². The Bertz CT molecular complexity index is 1010. The lowest BCUT2D eigenvalue weighted by atomic mass is 10.0. The zero-order valence-electron chi connectivity index (χ0n) is 19.0. The van der Waals surface area contributed by atoms with Gasteiger partial charge in [-0.2, -0.15) is 0 Å². The molecule has 170 valence electrons. The quantitative estimate of drug-likeness (QED) is 0.407. The Balaban J connectivity index is 1.78. The van der Waals surface area contributed by atoms with E-state index in [0.717, 1.165) is 29.9 Å². The first-order chi connectivity index (χ1) is 15.4. The molecule has 0 aliphatic rings. The third-order valence-electron chi connectivity index (χ3n) is 5.34. The summed E-state index contributed by atoms with van der Waals surface area (Å²) in [7, 11) is 4.01. The highest BCUT2D eigenvalue weighted by Gasteiger charge is 2.22. The first kappa shape index (κ1) is 24.3. The normalized spacial score (nSPS) is 13.2. The minimum absolute atomic E-state index is 0.00718. The van der Waals surface area contributed by atoms with Crippen LogP contribution in [0.4, 0.5) is 0 Å². The molecule has 1 N–H and O–H groups in total. The molecule has 6 nitrogen and oxygen atoms in total. The topological polar surface area (TPSA) is 63.1 Å². The van der Waals surface area contributed by atoms with Gasteiger partial charge in [0.15, 0.2) is 11.0 Å². The Morgan fingerprint density at radius 2 is 1.81 bits per heavy atom. The summed E-state index contributed by atoms with van der Waals surface area (Å²) in [4.78, 5) is 14.9. The first-order valence-electron chi connectivity index (χ1n) is 10.8. The molecular weight excluding hydrogens is 442 g/mol. The summed E-state index contributed by atoms with van der Waals surface area (Å²) < 4.78 is 2.00. The van der Waals surface area contributed by atoms with E-state index in [1.807, 2.05) is 61.1 Å². The standard InChI is InChI=1S/C24H30ClN5OS/c1-5-9-21(18-10-7-6-8-11-18)26-22(31)16-32-24-28-27-23(17(2)29(3)4)30(24)20-14-12-19(25)13-15-20/h6-8,10-15,17,21H,5,9,16H2,1-4H3,(H,26,31). The van der Waals surface area contributed by atoms with E-state index in [1.165, 1.54) is 11.8 Å². The number of halogens is 1. The van der Waals surface area contributed by atoms with Crippen LogP contribution in [0.1, 0.15) is 50.2 Å². The molecule has 2 atom stereocenters. The van der Waals surface area contributed by atoms with E-state index in [4.69, 9.17) is 11.6 Å². The van der Waals surface area contributed by atoms with Crippen LogP contribution in [0.25, 0.3) is 5.69 Å². The van der Waals surface area contributed by atoms with Crippen molar-refractivity contribution in [3.8, 4) is 5.69 Å². The number of hydrogen-bond donors (Lipinski definition) is 1. The molecule has 8 heteroatoms. The number of aromatic nitrogens is 3. The molecule has 2 unspecified atom stereocenters. The maximum atomic E-state index is 12.8. The molecule has 3 aromatic rings. The van der Waals surface area contributed by atoms with Crippen molar-refractivity contribution >= 4 is 29.3 Å². The highest BCUT2D eigenvalue weighted by Crippen LogP contribution is 2.28. The average Bonchev–Trinajstić information content (AvgIpc) is 3.21. The van der Waals surface area contributed by atoms with Gasteiger partial charge in [-0.25, -0.2) is 0 Å². The highest BCUT2D eigenvalue weighted by atomic mass is 35.5. The largest absolute Gasteiger partial charge is 0.349 e. The Kier molecular flexibility index (Phi) is 8.73. The summed E-state index contributed by atoms with van der Waals surface area (Å²) in [6.07, 6.45) is 1.88. The lowest BCUT2D eigenvalue weighted by Gasteiger charge is -2.21. The predicted molar refractivity (Wildman–Crippen MR) is 131 cm³/mol. The van der Waals surface area contributed by atoms with Gasteiger partial charge in [0.05, 0.1) is 17.8 Å². The molecule has 0 spiro atoms. The van der Waals surface area contributed by atoms with Gasteiger partial charge in [0.1, 0.15) is 0 Å². The molecule has 0 saturated heterocycles. The summed E-state index contributed by atoms with van der Waals surface area (Å²) in [6.45, 7) is 4.20. The van der Waals surface area contributed by atoms with Crippen LogP contribution >= 0.6 is 23.4 Å². The number of carbonyl (C=O) groups excluding carboxylic acids is 1. The number of thioether (sulfide) groups is 1. The second kappa shape index (κ2) is 11.5. The fraction of sp³-hybridized carbons (Fsp3) is 0.375. The molecule has 32 heavy (non-hydrogen) atoms. The van der Waals surface area contributed by atoms with Crippen LogP contribution in [-0.2, 0) is 4.79 Å². The van der Waals surface area contributed by atoms with Crippen LogP contribution in [0.2, 0.25) is 5.02 Å². The summed E-state index contributed by atoms with van der Waals surface area (Å²) in [5.74, 6) is 1.05. The van der Waals surface area contributed by atoms with Crippen molar-refractivity contribution in [2.45, 2.75) is 43.9 Å². The number of nitrogens with one attached hydrogen (secondary N) is 1. The average molecular weight is 472 g/mol. The maximum absolute atomic E-state index is 12.8. The van der Waals surface area contributed by atoms with E-state index in [0.29, 0.717) is 10.2 Å². The summed E-state index contributed by atoms with van der Waals surface area (Å²) >= 11 is 7.47. The van der Waals surface area contributed by atoms with Gasteiger partial charge in [0.2, 0.25) is 5.91 Å². The molecule has 1 amide bonds. The number of rotatable bonds is 10. The van der Waals surface area contributed by atoms with E-state index in [-0.39, 0.29) is 23.7 Å². The Morgan fingerprint density at radius 3 is 2.44 bits per heavy atom. The van der Waals surface area contributed by atoms with Gasteiger partial charge < -0.3 is 5.32 Å². The number of carbonyl (C=O) groups is 1. The maximum Gasteiger partial charge on any atom is 0.230 e. The van der Waals surface area contributed by atoms with Crippen molar-refractivity contribution in [1.82, 2.24) is 25.0 Å². The predicted octanol–water partition coefficient (Wildman–Crippen LogP) is 5.29. The summed E-state index contributed by atoms with van der Waals surface area (Å²) in [5.41, 5.74) is 2.04. The number of amides is 1. The second-order valence-electron chi connectivity index (χ2n) is 7.90. The Morgan fingerprint density at radius 1 is 1.12 bits per heavy atom. The van der Waals surface area contributed by atoms with Crippen LogP contribution in [0, 0.1) is 0 Å². The van der Waals surface area contributed by atoms with E-state index in [1.54, 1.807) is 0 Å². The van der Waals surface area contributed by atoms with Crippen molar-refractivity contribution in [3.63, 3.8) is 0 Å².